The number of benzene rings is 2. The van der Waals surface area contributed by atoms with E-state index in [-0.39, 0.29) is 23.4 Å². The van der Waals surface area contributed by atoms with Crippen LogP contribution in [0.5, 0.6) is 0 Å². The molecular formula is C19H18N2O4. The second-order valence-corrected chi connectivity index (χ2v) is 6.05. The van der Waals surface area contributed by atoms with Crippen molar-refractivity contribution in [3.63, 3.8) is 0 Å². The molecule has 1 atom stereocenters. The van der Waals surface area contributed by atoms with Crippen molar-refractivity contribution < 1.29 is 19.5 Å². The van der Waals surface area contributed by atoms with Crippen LogP contribution in [0, 0.1) is 0 Å². The Morgan fingerprint density at radius 2 is 1.88 bits per heavy atom. The Morgan fingerprint density at radius 1 is 1.12 bits per heavy atom. The molecule has 0 unspecified atom stereocenters. The second kappa shape index (κ2) is 6.76. The van der Waals surface area contributed by atoms with E-state index < -0.39 is 5.97 Å². The molecule has 3 N–H and O–H groups in total. The maximum Gasteiger partial charge on any atom is 0.335 e. The van der Waals surface area contributed by atoms with E-state index in [1.807, 2.05) is 25.1 Å². The highest BCUT2D eigenvalue weighted by atomic mass is 16.4. The lowest BCUT2D eigenvalue weighted by Gasteiger charge is -2.20. The maximum atomic E-state index is 12.4. The van der Waals surface area contributed by atoms with Crippen molar-refractivity contribution in [3.05, 3.63) is 64.7 Å². The third-order valence-corrected chi connectivity index (χ3v) is 4.24. The third-order valence-electron chi connectivity index (χ3n) is 4.24. The minimum Gasteiger partial charge on any atom is -0.478 e. The highest BCUT2D eigenvalue weighted by molar-refractivity contribution is 5.97. The van der Waals surface area contributed by atoms with Gasteiger partial charge in [0.15, 0.2) is 0 Å². The quantitative estimate of drug-likeness (QED) is 0.799. The van der Waals surface area contributed by atoms with Crippen LogP contribution < -0.4 is 10.6 Å². The number of carbonyl (C=O) groups is 3. The Bertz CT molecular complexity index is 860. The standard InChI is InChI=1S/C19H18N2O4/c1-11(12-5-7-16-13(9-12)6-8-17(22)21-16)20-18(23)14-3-2-4-15(10-14)19(24)25/h2-5,7,9-11H,6,8H2,1H3,(H,20,23)(H,21,22)(H,24,25)/t11-/m0/s1. The first-order chi connectivity index (χ1) is 11.9. The summed E-state index contributed by atoms with van der Waals surface area (Å²) in [5.74, 6) is -1.39. The van der Waals surface area contributed by atoms with Crippen LogP contribution in [-0.2, 0) is 11.2 Å². The van der Waals surface area contributed by atoms with Gasteiger partial charge in [-0.05, 0) is 48.7 Å². The fourth-order valence-electron chi connectivity index (χ4n) is 2.83. The number of nitrogens with one attached hydrogen (secondary N) is 2. The molecule has 0 aromatic heterocycles. The van der Waals surface area contributed by atoms with E-state index >= 15 is 0 Å². The number of rotatable bonds is 4. The monoisotopic (exact) mass is 338 g/mol. The molecule has 0 radical (unpaired) electrons. The zero-order chi connectivity index (χ0) is 18.0. The SMILES string of the molecule is C[C@H](NC(=O)c1cccc(C(=O)O)c1)c1ccc2c(c1)CCC(=O)N2. The van der Waals surface area contributed by atoms with Gasteiger partial charge < -0.3 is 15.7 Å². The predicted octanol–water partition coefficient (Wildman–Crippen LogP) is 2.76. The zero-order valence-corrected chi connectivity index (χ0v) is 13.7. The summed E-state index contributed by atoms with van der Waals surface area (Å²) in [6.07, 6.45) is 1.13. The summed E-state index contributed by atoms with van der Waals surface area (Å²) in [6, 6.07) is 11.4. The van der Waals surface area contributed by atoms with Gasteiger partial charge in [0.25, 0.3) is 5.91 Å². The number of fused-ring (bicyclic) bond motifs is 1. The van der Waals surface area contributed by atoms with Crippen molar-refractivity contribution in [1.82, 2.24) is 5.32 Å². The number of aromatic carboxylic acids is 1. The molecule has 0 saturated heterocycles. The van der Waals surface area contributed by atoms with Gasteiger partial charge in [-0.25, -0.2) is 4.79 Å². The molecule has 25 heavy (non-hydrogen) atoms. The lowest BCUT2D eigenvalue weighted by Crippen LogP contribution is -2.27. The molecule has 1 aliphatic heterocycles. The fraction of sp³-hybridized carbons (Fsp3) is 0.211. The lowest BCUT2D eigenvalue weighted by atomic mass is 9.97. The minimum absolute atomic E-state index is 0.0138. The molecular weight excluding hydrogens is 320 g/mol. The number of carbonyl (C=O) groups excluding carboxylic acids is 2. The lowest BCUT2D eigenvalue weighted by molar-refractivity contribution is -0.116. The number of carboxylic acids is 1. The number of hydrogen-bond acceptors (Lipinski definition) is 3. The molecule has 2 amide bonds. The summed E-state index contributed by atoms with van der Waals surface area (Å²) < 4.78 is 0. The molecule has 0 aliphatic carbocycles. The molecule has 0 bridgehead atoms. The molecule has 128 valence electrons. The van der Waals surface area contributed by atoms with Crippen LogP contribution in [0.2, 0.25) is 0 Å². The number of hydrogen-bond donors (Lipinski definition) is 3. The third kappa shape index (κ3) is 3.68. The maximum absolute atomic E-state index is 12.4. The summed E-state index contributed by atoms with van der Waals surface area (Å²) in [5.41, 5.74) is 3.16. The van der Waals surface area contributed by atoms with Crippen molar-refractivity contribution in [3.8, 4) is 0 Å². The number of amides is 2. The van der Waals surface area contributed by atoms with E-state index in [0.717, 1.165) is 16.8 Å². The summed E-state index contributed by atoms with van der Waals surface area (Å²) in [5, 5.41) is 14.7. The molecule has 6 nitrogen and oxygen atoms in total. The normalized spacial score (nSPS) is 14.2. The van der Waals surface area contributed by atoms with Crippen molar-refractivity contribution in [2.45, 2.75) is 25.8 Å². The van der Waals surface area contributed by atoms with Crippen molar-refractivity contribution >= 4 is 23.5 Å². The molecule has 1 aliphatic rings. The molecule has 2 aromatic carbocycles. The minimum atomic E-state index is -1.07. The Labute approximate surface area is 144 Å². The summed E-state index contributed by atoms with van der Waals surface area (Å²) >= 11 is 0. The number of carboxylic acid groups (broad SMARTS) is 1. The summed E-state index contributed by atoms with van der Waals surface area (Å²) in [7, 11) is 0. The first-order valence-corrected chi connectivity index (χ1v) is 8.01. The molecule has 0 spiro atoms. The average molecular weight is 338 g/mol. The second-order valence-electron chi connectivity index (χ2n) is 6.05. The largest absolute Gasteiger partial charge is 0.478 e. The van der Waals surface area contributed by atoms with Gasteiger partial charge >= 0.3 is 5.97 Å². The Balaban J connectivity index is 1.75. The van der Waals surface area contributed by atoms with E-state index in [1.165, 1.54) is 12.1 Å². The molecule has 0 fully saturated rings. The van der Waals surface area contributed by atoms with Gasteiger partial charge in [0, 0.05) is 17.7 Å². The number of aryl methyl sites for hydroxylation is 1. The average Bonchev–Trinajstić information content (AvgIpc) is 2.61. The Kier molecular flexibility index (Phi) is 4.52. The van der Waals surface area contributed by atoms with Crippen LogP contribution in [0.3, 0.4) is 0 Å². The van der Waals surface area contributed by atoms with Crippen LogP contribution in [0.15, 0.2) is 42.5 Å². The van der Waals surface area contributed by atoms with Crippen molar-refractivity contribution in [1.29, 1.82) is 0 Å². The van der Waals surface area contributed by atoms with E-state index in [4.69, 9.17) is 5.11 Å². The van der Waals surface area contributed by atoms with Crippen molar-refractivity contribution in [2.75, 3.05) is 5.32 Å². The first kappa shape index (κ1) is 16.7. The van der Waals surface area contributed by atoms with Crippen molar-refractivity contribution in [2.24, 2.45) is 0 Å². The Morgan fingerprint density at radius 3 is 2.64 bits per heavy atom. The molecule has 3 rings (SSSR count). The summed E-state index contributed by atoms with van der Waals surface area (Å²) in [4.78, 5) is 34.8. The van der Waals surface area contributed by atoms with Gasteiger partial charge in [0.05, 0.1) is 11.6 Å². The predicted molar refractivity (Wildman–Crippen MR) is 92.7 cm³/mol. The smallest absolute Gasteiger partial charge is 0.335 e. The van der Waals surface area contributed by atoms with Crippen LogP contribution >= 0.6 is 0 Å². The Hall–Kier alpha value is -3.15. The zero-order valence-electron chi connectivity index (χ0n) is 13.7. The highest BCUT2D eigenvalue weighted by Crippen LogP contribution is 2.26. The van der Waals surface area contributed by atoms with Crippen LogP contribution in [0.25, 0.3) is 0 Å². The highest BCUT2D eigenvalue weighted by Gasteiger charge is 2.18. The van der Waals surface area contributed by atoms with E-state index in [2.05, 4.69) is 10.6 Å². The van der Waals surface area contributed by atoms with Gasteiger partial charge in [0.2, 0.25) is 5.91 Å². The molecule has 2 aromatic rings. The summed E-state index contributed by atoms with van der Waals surface area (Å²) in [6.45, 7) is 1.86. The van der Waals surface area contributed by atoms with E-state index in [1.54, 1.807) is 12.1 Å². The van der Waals surface area contributed by atoms with Crippen LogP contribution in [-0.4, -0.2) is 22.9 Å². The number of anilines is 1. The van der Waals surface area contributed by atoms with E-state index in [9.17, 15) is 14.4 Å². The molecule has 1 heterocycles. The first-order valence-electron chi connectivity index (χ1n) is 8.01. The topological polar surface area (TPSA) is 95.5 Å². The van der Waals surface area contributed by atoms with Gasteiger partial charge in [-0.1, -0.05) is 18.2 Å². The fourth-order valence-corrected chi connectivity index (χ4v) is 2.83. The van der Waals surface area contributed by atoms with Gasteiger partial charge in [0.1, 0.15) is 0 Å². The van der Waals surface area contributed by atoms with Crippen LogP contribution in [0.1, 0.15) is 51.2 Å². The van der Waals surface area contributed by atoms with Gasteiger partial charge in [-0.2, -0.15) is 0 Å². The van der Waals surface area contributed by atoms with Gasteiger partial charge in [-0.3, -0.25) is 9.59 Å². The molecule has 6 heteroatoms. The van der Waals surface area contributed by atoms with Crippen LogP contribution in [0.4, 0.5) is 5.69 Å². The van der Waals surface area contributed by atoms with Gasteiger partial charge in [-0.15, -0.1) is 0 Å². The van der Waals surface area contributed by atoms with E-state index in [0.29, 0.717) is 18.4 Å². The molecule has 0 saturated carbocycles.